The molecule has 0 unspecified atom stereocenters. The number of carbonyl (C=O) groups is 1. The van der Waals surface area contributed by atoms with Crippen molar-refractivity contribution in [3.8, 4) is 5.69 Å². The summed E-state index contributed by atoms with van der Waals surface area (Å²) < 4.78 is 6.68. The molecule has 5 heteroatoms. The van der Waals surface area contributed by atoms with Gasteiger partial charge < -0.3 is 10.1 Å². The molecule has 2 aromatic rings. The van der Waals surface area contributed by atoms with Gasteiger partial charge in [-0.3, -0.25) is 4.79 Å². The zero-order valence-corrected chi connectivity index (χ0v) is 11.6. The van der Waals surface area contributed by atoms with Gasteiger partial charge in [0.2, 0.25) is 0 Å². The Morgan fingerprint density at radius 1 is 1.35 bits per heavy atom. The number of aromatic nitrogens is 2. The standard InChI is InChI=1S/C15H19N3O2/c1-2-20-15(19)8-10-16-12-13-4-6-14(7-5-13)18-11-3-9-17-18/h3-7,9,11,16H,2,8,10,12H2,1H3. The molecule has 0 spiro atoms. The topological polar surface area (TPSA) is 56.1 Å². The van der Waals surface area contributed by atoms with Crippen molar-refractivity contribution in [2.24, 2.45) is 0 Å². The second-order valence-corrected chi connectivity index (χ2v) is 4.35. The first kappa shape index (κ1) is 14.3. The van der Waals surface area contributed by atoms with E-state index in [4.69, 9.17) is 4.74 Å². The van der Waals surface area contributed by atoms with Crippen LogP contribution in [0.2, 0.25) is 0 Å². The molecule has 1 heterocycles. The number of esters is 1. The first-order valence-corrected chi connectivity index (χ1v) is 6.75. The van der Waals surface area contributed by atoms with Gasteiger partial charge in [0, 0.05) is 25.5 Å². The van der Waals surface area contributed by atoms with Crippen LogP contribution in [0, 0.1) is 0 Å². The van der Waals surface area contributed by atoms with Gasteiger partial charge in [0.15, 0.2) is 0 Å². The van der Waals surface area contributed by atoms with E-state index in [1.54, 1.807) is 6.20 Å². The van der Waals surface area contributed by atoms with Crippen LogP contribution in [-0.4, -0.2) is 28.9 Å². The Morgan fingerprint density at radius 3 is 2.80 bits per heavy atom. The SMILES string of the molecule is CCOC(=O)CCNCc1ccc(-n2cccn2)cc1. The van der Waals surface area contributed by atoms with Gasteiger partial charge in [-0.15, -0.1) is 0 Å². The fraction of sp³-hybridized carbons (Fsp3) is 0.333. The van der Waals surface area contributed by atoms with Crippen molar-refractivity contribution in [2.45, 2.75) is 19.9 Å². The highest BCUT2D eigenvalue weighted by Gasteiger charge is 2.01. The minimum absolute atomic E-state index is 0.158. The Labute approximate surface area is 118 Å². The van der Waals surface area contributed by atoms with Crippen LogP contribution >= 0.6 is 0 Å². The molecule has 0 amide bonds. The van der Waals surface area contributed by atoms with Crippen LogP contribution in [0.1, 0.15) is 18.9 Å². The van der Waals surface area contributed by atoms with E-state index in [9.17, 15) is 4.79 Å². The summed E-state index contributed by atoms with van der Waals surface area (Å²) in [5.74, 6) is -0.158. The summed E-state index contributed by atoms with van der Waals surface area (Å²) in [6.45, 7) is 3.61. The summed E-state index contributed by atoms with van der Waals surface area (Å²) in [7, 11) is 0. The lowest BCUT2D eigenvalue weighted by molar-refractivity contribution is -0.142. The molecule has 0 aliphatic heterocycles. The molecule has 5 nitrogen and oxygen atoms in total. The molecule has 0 radical (unpaired) electrons. The number of ether oxygens (including phenoxy) is 1. The maximum Gasteiger partial charge on any atom is 0.307 e. The van der Waals surface area contributed by atoms with E-state index in [0.717, 1.165) is 12.2 Å². The molecule has 1 aromatic carbocycles. The molecular weight excluding hydrogens is 254 g/mol. The van der Waals surface area contributed by atoms with Crippen molar-refractivity contribution in [2.75, 3.05) is 13.2 Å². The number of benzene rings is 1. The van der Waals surface area contributed by atoms with Gasteiger partial charge in [-0.1, -0.05) is 12.1 Å². The second-order valence-electron chi connectivity index (χ2n) is 4.35. The van der Waals surface area contributed by atoms with E-state index in [0.29, 0.717) is 19.6 Å². The summed E-state index contributed by atoms with van der Waals surface area (Å²) in [4.78, 5) is 11.2. The Bertz CT molecular complexity index is 521. The molecule has 0 bridgehead atoms. The molecule has 20 heavy (non-hydrogen) atoms. The van der Waals surface area contributed by atoms with Gasteiger partial charge in [-0.05, 0) is 30.7 Å². The summed E-state index contributed by atoms with van der Waals surface area (Å²) in [6.07, 6.45) is 4.07. The Morgan fingerprint density at radius 2 is 2.15 bits per heavy atom. The van der Waals surface area contributed by atoms with Crippen LogP contribution in [0.25, 0.3) is 5.69 Å². The Kier molecular flexibility index (Phi) is 5.32. The zero-order chi connectivity index (χ0) is 14.2. The lowest BCUT2D eigenvalue weighted by Gasteiger charge is -2.06. The molecule has 0 fully saturated rings. The monoisotopic (exact) mass is 273 g/mol. The summed E-state index contributed by atoms with van der Waals surface area (Å²) in [5.41, 5.74) is 2.20. The molecule has 1 aromatic heterocycles. The number of hydrogen-bond donors (Lipinski definition) is 1. The van der Waals surface area contributed by atoms with Crippen molar-refractivity contribution in [1.29, 1.82) is 0 Å². The second kappa shape index (κ2) is 7.45. The van der Waals surface area contributed by atoms with Crippen LogP contribution in [0.4, 0.5) is 0 Å². The summed E-state index contributed by atoms with van der Waals surface area (Å²) in [6, 6.07) is 10.0. The van der Waals surface area contributed by atoms with Gasteiger partial charge >= 0.3 is 5.97 Å². The van der Waals surface area contributed by atoms with E-state index < -0.39 is 0 Å². The predicted octanol–water partition coefficient (Wildman–Crippen LogP) is 1.92. The fourth-order valence-corrected chi connectivity index (χ4v) is 1.84. The Hall–Kier alpha value is -2.14. The number of carbonyl (C=O) groups excluding carboxylic acids is 1. The number of rotatable bonds is 7. The molecule has 0 saturated carbocycles. The minimum atomic E-state index is -0.158. The first-order chi connectivity index (χ1) is 9.79. The lowest BCUT2D eigenvalue weighted by atomic mass is 10.2. The molecule has 0 aliphatic rings. The van der Waals surface area contributed by atoms with Gasteiger partial charge in [-0.25, -0.2) is 4.68 Å². The highest BCUT2D eigenvalue weighted by atomic mass is 16.5. The first-order valence-electron chi connectivity index (χ1n) is 6.75. The molecule has 0 atom stereocenters. The van der Waals surface area contributed by atoms with Gasteiger partial charge in [0.25, 0.3) is 0 Å². The van der Waals surface area contributed by atoms with Crippen molar-refractivity contribution in [3.63, 3.8) is 0 Å². The van der Waals surface area contributed by atoms with Crippen LogP contribution in [0.15, 0.2) is 42.7 Å². The normalized spacial score (nSPS) is 10.4. The van der Waals surface area contributed by atoms with E-state index in [1.165, 1.54) is 5.56 Å². The Balaban J connectivity index is 1.75. The third kappa shape index (κ3) is 4.20. The van der Waals surface area contributed by atoms with E-state index in [2.05, 4.69) is 10.4 Å². The summed E-state index contributed by atoms with van der Waals surface area (Å²) in [5, 5.41) is 7.40. The maximum absolute atomic E-state index is 11.2. The molecule has 0 aliphatic carbocycles. The smallest absolute Gasteiger partial charge is 0.307 e. The van der Waals surface area contributed by atoms with Crippen LogP contribution < -0.4 is 5.32 Å². The highest BCUT2D eigenvalue weighted by molar-refractivity contribution is 5.69. The number of nitrogens with one attached hydrogen (secondary N) is 1. The van der Waals surface area contributed by atoms with Gasteiger partial charge in [0.05, 0.1) is 18.7 Å². The van der Waals surface area contributed by atoms with Crippen LogP contribution in [0.5, 0.6) is 0 Å². The minimum Gasteiger partial charge on any atom is -0.466 e. The largest absolute Gasteiger partial charge is 0.466 e. The average molecular weight is 273 g/mol. The third-order valence-corrected chi connectivity index (χ3v) is 2.85. The van der Waals surface area contributed by atoms with Gasteiger partial charge in [-0.2, -0.15) is 5.10 Å². The molecule has 2 rings (SSSR count). The molecule has 1 N–H and O–H groups in total. The molecular formula is C15H19N3O2. The quantitative estimate of drug-likeness (QED) is 0.618. The predicted molar refractivity (Wildman–Crippen MR) is 76.5 cm³/mol. The molecule has 106 valence electrons. The van der Waals surface area contributed by atoms with E-state index >= 15 is 0 Å². The average Bonchev–Trinajstić information content (AvgIpc) is 2.99. The summed E-state index contributed by atoms with van der Waals surface area (Å²) >= 11 is 0. The third-order valence-electron chi connectivity index (χ3n) is 2.85. The maximum atomic E-state index is 11.2. The van der Waals surface area contributed by atoms with Crippen molar-refractivity contribution in [3.05, 3.63) is 48.3 Å². The lowest BCUT2D eigenvalue weighted by Crippen LogP contribution is -2.19. The number of hydrogen-bond acceptors (Lipinski definition) is 4. The van der Waals surface area contributed by atoms with E-state index in [-0.39, 0.29) is 5.97 Å². The van der Waals surface area contributed by atoms with Crippen LogP contribution in [-0.2, 0) is 16.1 Å². The van der Waals surface area contributed by atoms with Crippen molar-refractivity contribution in [1.82, 2.24) is 15.1 Å². The number of nitrogens with zero attached hydrogens (tertiary/aromatic N) is 2. The van der Waals surface area contributed by atoms with Crippen LogP contribution in [0.3, 0.4) is 0 Å². The highest BCUT2D eigenvalue weighted by Crippen LogP contribution is 2.08. The van der Waals surface area contributed by atoms with Crippen molar-refractivity contribution < 1.29 is 9.53 Å². The zero-order valence-electron chi connectivity index (χ0n) is 11.6. The fourth-order valence-electron chi connectivity index (χ4n) is 1.84. The molecule has 0 saturated heterocycles. The van der Waals surface area contributed by atoms with Gasteiger partial charge in [0.1, 0.15) is 0 Å². The van der Waals surface area contributed by atoms with Crippen molar-refractivity contribution >= 4 is 5.97 Å². The van der Waals surface area contributed by atoms with E-state index in [1.807, 2.05) is 48.1 Å².